The number of rotatable bonds is 4. The minimum absolute atomic E-state index is 0.316. The second-order valence-electron chi connectivity index (χ2n) is 6.79. The van der Waals surface area contributed by atoms with E-state index in [4.69, 9.17) is 10.5 Å². The molecule has 6 heteroatoms. The zero-order chi connectivity index (χ0) is 17.2. The van der Waals surface area contributed by atoms with E-state index in [1.54, 1.807) is 0 Å². The first-order valence-electron chi connectivity index (χ1n) is 8.84. The summed E-state index contributed by atoms with van der Waals surface area (Å²) in [6.07, 6.45) is 3.85. The molecule has 3 aliphatic rings. The number of allylic oxidation sites excluding steroid dienone is 1. The van der Waals surface area contributed by atoms with Gasteiger partial charge in [0.2, 0.25) is 5.91 Å². The number of nitrogens with zero attached hydrogens (tertiary/aromatic N) is 2. The number of nitrogens with one attached hydrogen (secondary N) is 1. The third-order valence-corrected chi connectivity index (χ3v) is 5.07. The maximum absolute atomic E-state index is 11.8. The van der Waals surface area contributed by atoms with Gasteiger partial charge in [-0.15, -0.1) is 0 Å². The molecule has 0 saturated carbocycles. The Kier molecular flexibility index (Phi) is 4.46. The molecule has 1 aromatic carbocycles. The molecule has 4 rings (SSSR count). The van der Waals surface area contributed by atoms with Crippen LogP contribution in [-0.2, 0) is 16.1 Å². The van der Waals surface area contributed by atoms with Crippen molar-refractivity contribution >= 4 is 5.91 Å². The largest absolute Gasteiger partial charge is 0.491 e. The molecule has 0 aromatic heterocycles. The fraction of sp³-hybridized carbons (Fsp3) is 0.421. The zero-order valence-electron chi connectivity index (χ0n) is 14.3. The van der Waals surface area contributed by atoms with Crippen molar-refractivity contribution in [1.82, 2.24) is 15.1 Å². The van der Waals surface area contributed by atoms with Gasteiger partial charge in [0.1, 0.15) is 12.4 Å². The van der Waals surface area contributed by atoms with Gasteiger partial charge in [-0.25, -0.2) is 0 Å². The van der Waals surface area contributed by atoms with E-state index < -0.39 is 0 Å². The lowest BCUT2D eigenvalue weighted by atomic mass is 10.0. The van der Waals surface area contributed by atoms with Crippen LogP contribution >= 0.6 is 0 Å². The van der Waals surface area contributed by atoms with Crippen LogP contribution in [-0.4, -0.2) is 48.1 Å². The first-order chi connectivity index (χ1) is 12.2. The standard InChI is InChI=1S/C19H24N4O2/c20-19(24)15-9-17(25-13-14-5-2-1-3-6-14)16-11-22-8-4-7-21-18(22)12-23(16)10-15/h1-3,5-6,10,18,21H,4,7-9,11-13H2,(H2,20,24). The molecule has 0 bridgehead atoms. The summed E-state index contributed by atoms with van der Waals surface area (Å²) in [4.78, 5) is 16.3. The molecular formula is C19H24N4O2. The molecule has 3 heterocycles. The molecule has 6 nitrogen and oxygen atoms in total. The van der Waals surface area contributed by atoms with Gasteiger partial charge in [0.15, 0.2) is 0 Å². The summed E-state index contributed by atoms with van der Waals surface area (Å²) in [6, 6.07) is 10.1. The Labute approximate surface area is 147 Å². The molecule has 3 N–H and O–H groups in total. The van der Waals surface area contributed by atoms with Crippen LogP contribution in [0.3, 0.4) is 0 Å². The van der Waals surface area contributed by atoms with E-state index in [1.807, 2.05) is 36.5 Å². The second-order valence-corrected chi connectivity index (χ2v) is 6.79. The summed E-state index contributed by atoms with van der Waals surface area (Å²) >= 11 is 0. The van der Waals surface area contributed by atoms with Gasteiger partial charge in [-0.1, -0.05) is 30.3 Å². The van der Waals surface area contributed by atoms with Crippen molar-refractivity contribution in [2.45, 2.75) is 25.6 Å². The first kappa shape index (κ1) is 16.2. The Morgan fingerprint density at radius 3 is 2.96 bits per heavy atom. The number of primary amides is 1. The molecule has 25 heavy (non-hydrogen) atoms. The summed E-state index contributed by atoms with van der Waals surface area (Å²) in [5.41, 5.74) is 8.43. The monoisotopic (exact) mass is 340 g/mol. The minimum atomic E-state index is -0.376. The van der Waals surface area contributed by atoms with E-state index in [-0.39, 0.29) is 5.91 Å². The summed E-state index contributed by atoms with van der Waals surface area (Å²) in [7, 11) is 0. The van der Waals surface area contributed by atoms with Gasteiger partial charge in [-0.3, -0.25) is 9.69 Å². The number of hydrogen-bond acceptors (Lipinski definition) is 5. The molecule has 3 aliphatic heterocycles. The van der Waals surface area contributed by atoms with E-state index in [2.05, 4.69) is 15.1 Å². The van der Waals surface area contributed by atoms with Crippen molar-refractivity contribution in [1.29, 1.82) is 0 Å². The van der Waals surface area contributed by atoms with Crippen molar-refractivity contribution in [3.8, 4) is 0 Å². The second kappa shape index (κ2) is 6.90. The normalized spacial score (nSPS) is 23.6. The van der Waals surface area contributed by atoms with E-state index in [9.17, 15) is 4.79 Å². The van der Waals surface area contributed by atoms with Crippen LogP contribution in [0.2, 0.25) is 0 Å². The third kappa shape index (κ3) is 3.41. The van der Waals surface area contributed by atoms with Crippen LogP contribution in [0.15, 0.2) is 53.6 Å². The molecular weight excluding hydrogens is 316 g/mol. The SMILES string of the molecule is NC(=O)C1=CN2CC3NCCCN3CC2=C(OCc2ccccc2)C1. The number of fused-ring (bicyclic) bond motifs is 2. The Morgan fingerprint density at radius 2 is 2.16 bits per heavy atom. The fourth-order valence-electron chi connectivity index (χ4n) is 3.70. The Morgan fingerprint density at radius 1 is 1.32 bits per heavy atom. The predicted octanol–water partition coefficient (Wildman–Crippen LogP) is 1.12. The van der Waals surface area contributed by atoms with Gasteiger partial charge in [-0.2, -0.15) is 0 Å². The van der Waals surface area contributed by atoms with Crippen molar-refractivity contribution in [3.63, 3.8) is 0 Å². The quantitative estimate of drug-likeness (QED) is 0.860. The maximum atomic E-state index is 11.8. The zero-order valence-corrected chi connectivity index (χ0v) is 14.3. The molecule has 1 unspecified atom stereocenters. The Bertz CT molecular complexity index is 713. The smallest absolute Gasteiger partial charge is 0.246 e. The minimum Gasteiger partial charge on any atom is -0.491 e. The molecule has 0 aliphatic carbocycles. The van der Waals surface area contributed by atoms with E-state index in [1.165, 1.54) is 0 Å². The third-order valence-electron chi connectivity index (χ3n) is 5.07. The van der Waals surface area contributed by atoms with Crippen LogP contribution in [0.4, 0.5) is 0 Å². The topological polar surface area (TPSA) is 70.8 Å². The lowest BCUT2D eigenvalue weighted by Gasteiger charge is -2.47. The molecule has 0 radical (unpaired) electrons. The van der Waals surface area contributed by atoms with E-state index in [0.717, 1.165) is 49.6 Å². The number of carbonyl (C=O) groups excluding carboxylic acids is 1. The van der Waals surface area contributed by atoms with Gasteiger partial charge < -0.3 is 20.7 Å². The van der Waals surface area contributed by atoms with Crippen LogP contribution in [0, 0.1) is 0 Å². The van der Waals surface area contributed by atoms with Gasteiger partial charge >= 0.3 is 0 Å². The molecule has 0 spiro atoms. The van der Waals surface area contributed by atoms with Gasteiger partial charge in [0.25, 0.3) is 0 Å². The lowest BCUT2D eigenvalue weighted by Crippen LogP contribution is -2.60. The first-order valence-corrected chi connectivity index (χ1v) is 8.84. The highest BCUT2D eigenvalue weighted by molar-refractivity contribution is 5.92. The average Bonchev–Trinajstić information content (AvgIpc) is 2.65. The lowest BCUT2D eigenvalue weighted by molar-refractivity contribution is -0.114. The Balaban J connectivity index is 1.57. The molecule has 1 atom stereocenters. The van der Waals surface area contributed by atoms with Crippen molar-refractivity contribution < 1.29 is 9.53 Å². The number of ether oxygens (including phenoxy) is 1. The predicted molar refractivity (Wildman–Crippen MR) is 94.8 cm³/mol. The number of amides is 1. The maximum Gasteiger partial charge on any atom is 0.246 e. The van der Waals surface area contributed by atoms with Crippen LogP contribution in [0.1, 0.15) is 18.4 Å². The highest BCUT2D eigenvalue weighted by Crippen LogP contribution is 2.31. The molecule has 2 fully saturated rings. The summed E-state index contributed by atoms with van der Waals surface area (Å²) in [6.45, 7) is 4.28. The van der Waals surface area contributed by atoms with Crippen LogP contribution in [0.25, 0.3) is 0 Å². The van der Waals surface area contributed by atoms with Crippen molar-refractivity contribution in [2.24, 2.45) is 5.73 Å². The fourth-order valence-corrected chi connectivity index (χ4v) is 3.70. The Hall–Kier alpha value is -2.31. The van der Waals surface area contributed by atoms with Crippen LogP contribution in [0.5, 0.6) is 0 Å². The number of benzene rings is 1. The highest BCUT2D eigenvalue weighted by Gasteiger charge is 2.35. The van der Waals surface area contributed by atoms with Gasteiger partial charge in [0.05, 0.1) is 18.4 Å². The van der Waals surface area contributed by atoms with Crippen molar-refractivity contribution in [3.05, 3.63) is 59.1 Å². The van der Waals surface area contributed by atoms with Gasteiger partial charge in [0, 0.05) is 31.3 Å². The number of piperazine rings is 1. The number of hydrogen-bond donors (Lipinski definition) is 2. The summed E-state index contributed by atoms with van der Waals surface area (Å²) in [5.74, 6) is 0.489. The molecule has 1 aromatic rings. The molecule has 1 amide bonds. The average molecular weight is 340 g/mol. The van der Waals surface area contributed by atoms with E-state index >= 15 is 0 Å². The number of carbonyl (C=O) groups is 1. The molecule has 132 valence electrons. The summed E-state index contributed by atoms with van der Waals surface area (Å²) < 4.78 is 6.14. The van der Waals surface area contributed by atoms with E-state index in [0.29, 0.717) is 24.8 Å². The highest BCUT2D eigenvalue weighted by atomic mass is 16.5. The van der Waals surface area contributed by atoms with Crippen molar-refractivity contribution in [2.75, 3.05) is 26.2 Å². The van der Waals surface area contributed by atoms with Crippen LogP contribution < -0.4 is 11.1 Å². The molecule has 2 saturated heterocycles. The number of nitrogens with two attached hydrogens (primary N) is 1. The summed E-state index contributed by atoms with van der Waals surface area (Å²) in [5, 5.41) is 3.55. The van der Waals surface area contributed by atoms with Gasteiger partial charge in [-0.05, 0) is 18.5 Å².